The molecule has 0 heteroatoms. The predicted molar refractivity (Wildman–Crippen MR) is 79.7 cm³/mol. The molecule has 0 saturated heterocycles. The van der Waals surface area contributed by atoms with Crippen LogP contribution in [0.25, 0.3) is 0 Å². The minimum Gasteiger partial charge on any atom is -0.0942 e. The maximum Gasteiger partial charge on any atom is 0.0245 e. The van der Waals surface area contributed by atoms with Crippen molar-refractivity contribution < 1.29 is 0 Å². The maximum atomic E-state index is 3.46. The average molecular weight is 246 g/mol. The summed E-state index contributed by atoms with van der Waals surface area (Å²) in [5.41, 5.74) is 2.58. The average Bonchev–Trinajstić information content (AvgIpc) is 2.46. The van der Waals surface area contributed by atoms with Gasteiger partial charge in [0.05, 0.1) is 0 Å². The monoisotopic (exact) mass is 246 g/mol. The largest absolute Gasteiger partial charge is 0.0942 e. The lowest BCUT2D eigenvalue weighted by molar-refractivity contribution is 0.236. The Bertz CT molecular complexity index is 572. The van der Waals surface area contributed by atoms with Crippen LogP contribution in [0, 0.1) is 23.7 Å². The van der Waals surface area contributed by atoms with Crippen LogP contribution < -0.4 is 0 Å². The van der Waals surface area contributed by atoms with E-state index < -0.39 is 0 Å². The van der Waals surface area contributed by atoms with E-state index in [0.29, 0.717) is 5.92 Å². The van der Waals surface area contributed by atoms with Gasteiger partial charge in [0.1, 0.15) is 0 Å². The summed E-state index contributed by atoms with van der Waals surface area (Å²) in [4.78, 5) is 0. The molecule has 0 spiro atoms. The third-order valence-electron chi connectivity index (χ3n) is 3.93. The second-order valence-corrected chi connectivity index (χ2v) is 5.27. The maximum absolute atomic E-state index is 3.46. The number of hydrogen-bond acceptors (Lipinski definition) is 0. The fourth-order valence-electron chi connectivity index (χ4n) is 2.62. The van der Waals surface area contributed by atoms with E-state index in [-0.39, 0.29) is 0 Å². The van der Waals surface area contributed by atoms with Gasteiger partial charge in [-0.15, -0.1) is 0 Å². The van der Waals surface area contributed by atoms with Crippen molar-refractivity contribution in [2.24, 2.45) is 11.8 Å². The number of rotatable bonds is 2. The van der Waals surface area contributed by atoms with E-state index in [1.165, 1.54) is 24.8 Å². The van der Waals surface area contributed by atoms with Gasteiger partial charge in [-0.2, -0.15) is 0 Å². The first-order chi connectivity index (χ1) is 9.42. The fourth-order valence-corrected chi connectivity index (χ4v) is 2.62. The molecule has 0 bridgehead atoms. The first-order valence-electron chi connectivity index (χ1n) is 7.02. The van der Waals surface area contributed by atoms with Crippen LogP contribution in [0.2, 0.25) is 0 Å². The van der Waals surface area contributed by atoms with Crippen molar-refractivity contribution in [3.05, 3.63) is 71.8 Å². The van der Waals surface area contributed by atoms with Crippen LogP contribution in [0.5, 0.6) is 0 Å². The van der Waals surface area contributed by atoms with Gasteiger partial charge in [0.2, 0.25) is 0 Å². The van der Waals surface area contributed by atoms with E-state index in [1.54, 1.807) is 0 Å². The van der Waals surface area contributed by atoms with Gasteiger partial charge in [0.15, 0.2) is 0 Å². The Kier molecular flexibility index (Phi) is 3.65. The first-order valence-corrected chi connectivity index (χ1v) is 7.02. The molecule has 19 heavy (non-hydrogen) atoms. The Morgan fingerprint density at radius 1 is 0.842 bits per heavy atom. The van der Waals surface area contributed by atoms with Gasteiger partial charge in [-0.05, 0) is 42.9 Å². The minimum absolute atomic E-state index is 0.584. The third kappa shape index (κ3) is 3.06. The highest BCUT2D eigenvalue weighted by molar-refractivity contribution is 5.34. The van der Waals surface area contributed by atoms with Crippen molar-refractivity contribution in [1.82, 2.24) is 0 Å². The van der Waals surface area contributed by atoms with Crippen molar-refractivity contribution in [2.75, 3.05) is 0 Å². The lowest BCUT2D eigenvalue weighted by Crippen LogP contribution is -2.26. The zero-order valence-electron chi connectivity index (χ0n) is 11.0. The summed E-state index contributed by atoms with van der Waals surface area (Å²) in [7, 11) is 0. The second kappa shape index (κ2) is 5.76. The molecular formula is C19H18. The zero-order chi connectivity index (χ0) is 12.9. The van der Waals surface area contributed by atoms with Gasteiger partial charge in [-0.3, -0.25) is 0 Å². The molecule has 2 aromatic carbocycles. The van der Waals surface area contributed by atoms with E-state index in [2.05, 4.69) is 54.3 Å². The molecule has 1 aliphatic rings. The van der Waals surface area contributed by atoms with E-state index in [4.69, 9.17) is 0 Å². The quantitative estimate of drug-likeness (QED) is 0.693. The van der Waals surface area contributed by atoms with Crippen molar-refractivity contribution in [3.63, 3.8) is 0 Å². The Labute approximate surface area is 115 Å². The molecule has 0 aliphatic heterocycles. The van der Waals surface area contributed by atoms with Gasteiger partial charge in [-0.1, -0.05) is 60.4 Å². The Balaban J connectivity index is 1.63. The summed E-state index contributed by atoms with van der Waals surface area (Å²) in [6.45, 7) is 0. The summed E-state index contributed by atoms with van der Waals surface area (Å²) < 4.78 is 0. The van der Waals surface area contributed by atoms with E-state index in [0.717, 1.165) is 11.5 Å². The highest BCUT2D eigenvalue weighted by Gasteiger charge is 2.29. The lowest BCUT2D eigenvalue weighted by Gasteiger charge is -2.33. The SMILES string of the molecule is C(#CC1CCC1Cc1ccccc1)c1ccccc1. The molecule has 1 fully saturated rings. The Hall–Kier alpha value is -2.00. The molecule has 94 valence electrons. The molecule has 0 nitrogen and oxygen atoms in total. The topological polar surface area (TPSA) is 0 Å². The van der Waals surface area contributed by atoms with Crippen LogP contribution in [-0.4, -0.2) is 0 Å². The Morgan fingerprint density at radius 3 is 2.16 bits per heavy atom. The van der Waals surface area contributed by atoms with E-state index in [9.17, 15) is 0 Å². The minimum atomic E-state index is 0.584. The molecule has 0 amide bonds. The van der Waals surface area contributed by atoms with Gasteiger partial charge in [0.25, 0.3) is 0 Å². The van der Waals surface area contributed by atoms with E-state index >= 15 is 0 Å². The highest BCUT2D eigenvalue weighted by atomic mass is 14.3. The second-order valence-electron chi connectivity index (χ2n) is 5.27. The normalized spacial score (nSPS) is 21.1. The summed E-state index contributed by atoms with van der Waals surface area (Å²) in [5.74, 6) is 8.10. The molecule has 0 radical (unpaired) electrons. The molecule has 0 aromatic heterocycles. The van der Waals surface area contributed by atoms with Gasteiger partial charge >= 0.3 is 0 Å². The molecule has 1 saturated carbocycles. The summed E-state index contributed by atoms with van der Waals surface area (Å²) in [6.07, 6.45) is 3.76. The van der Waals surface area contributed by atoms with Crippen LogP contribution in [0.4, 0.5) is 0 Å². The van der Waals surface area contributed by atoms with Crippen LogP contribution >= 0.6 is 0 Å². The molecule has 0 heterocycles. The van der Waals surface area contributed by atoms with E-state index in [1.807, 2.05) is 18.2 Å². The van der Waals surface area contributed by atoms with Gasteiger partial charge in [0, 0.05) is 11.5 Å². The highest BCUT2D eigenvalue weighted by Crippen LogP contribution is 2.36. The Morgan fingerprint density at radius 2 is 1.53 bits per heavy atom. The molecule has 2 atom stereocenters. The molecule has 2 unspecified atom stereocenters. The van der Waals surface area contributed by atoms with Crippen molar-refractivity contribution in [3.8, 4) is 11.8 Å². The lowest BCUT2D eigenvalue weighted by atomic mass is 9.71. The van der Waals surface area contributed by atoms with Crippen LogP contribution in [0.3, 0.4) is 0 Å². The molecular weight excluding hydrogens is 228 g/mol. The molecule has 1 aliphatic carbocycles. The van der Waals surface area contributed by atoms with Crippen LogP contribution in [-0.2, 0) is 6.42 Å². The van der Waals surface area contributed by atoms with Gasteiger partial charge in [-0.25, -0.2) is 0 Å². The van der Waals surface area contributed by atoms with Crippen LogP contribution in [0.15, 0.2) is 60.7 Å². The number of hydrogen-bond donors (Lipinski definition) is 0. The molecule has 3 rings (SSSR count). The summed E-state index contributed by atoms with van der Waals surface area (Å²) in [6, 6.07) is 21.1. The van der Waals surface area contributed by atoms with Crippen molar-refractivity contribution >= 4 is 0 Å². The fraction of sp³-hybridized carbons (Fsp3) is 0.263. The smallest absolute Gasteiger partial charge is 0.0245 e. The van der Waals surface area contributed by atoms with Gasteiger partial charge < -0.3 is 0 Å². The standard InChI is InChI=1S/C19H18/c1-3-7-16(8-4-1)11-12-18-13-14-19(18)15-17-9-5-2-6-10-17/h1-10,18-19H,13-15H2. The molecule has 0 N–H and O–H groups in total. The summed E-state index contributed by atoms with van der Waals surface area (Å²) in [5, 5.41) is 0. The number of benzene rings is 2. The van der Waals surface area contributed by atoms with Crippen molar-refractivity contribution in [1.29, 1.82) is 0 Å². The summed E-state index contributed by atoms with van der Waals surface area (Å²) >= 11 is 0. The first kappa shape index (κ1) is 12.1. The molecule has 2 aromatic rings. The third-order valence-corrected chi connectivity index (χ3v) is 3.93. The van der Waals surface area contributed by atoms with Crippen LogP contribution in [0.1, 0.15) is 24.0 Å². The predicted octanol–water partition coefficient (Wildman–Crippen LogP) is 4.31. The zero-order valence-corrected chi connectivity index (χ0v) is 11.0. The van der Waals surface area contributed by atoms with Crippen molar-refractivity contribution in [2.45, 2.75) is 19.3 Å².